The molecule has 29 heavy (non-hydrogen) atoms. The van der Waals surface area contributed by atoms with Crippen LogP contribution in [-0.4, -0.2) is 57.3 Å². The molecule has 5 rings (SSSR count). The molecule has 0 amide bonds. The first kappa shape index (κ1) is 18.0. The standard InChI is InChI=1S/C22H23N5O2/c1-26-21-19(6-8-27-9-11-29-12-10-27)24-18-5-4-15(16-3-2-7-23-14-16)13-17(18)20(21)25-22(26)28/h2-5,7,13-14H,6,8-12H2,1H3,(H,25,28). The predicted molar refractivity (Wildman–Crippen MR) is 113 cm³/mol. The van der Waals surface area contributed by atoms with Crippen LogP contribution in [-0.2, 0) is 18.2 Å². The molecule has 1 N–H and O–H groups in total. The summed E-state index contributed by atoms with van der Waals surface area (Å²) in [7, 11) is 1.80. The summed E-state index contributed by atoms with van der Waals surface area (Å²) in [5, 5.41) is 0.953. The lowest BCUT2D eigenvalue weighted by Gasteiger charge is -2.26. The molecule has 4 aromatic rings. The van der Waals surface area contributed by atoms with Crippen molar-refractivity contribution < 1.29 is 4.74 Å². The van der Waals surface area contributed by atoms with Crippen molar-refractivity contribution in [2.75, 3.05) is 32.8 Å². The van der Waals surface area contributed by atoms with Gasteiger partial charge in [-0.05, 0) is 23.8 Å². The lowest BCUT2D eigenvalue weighted by atomic mass is 10.0. The molecule has 0 bridgehead atoms. The number of ether oxygens (including phenoxy) is 1. The molecule has 1 aliphatic heterocycles. The van der Waals surface area contributed by atoms with E-state index in [1.807, 2.05) is 24.4 Å². The van der Waals surface area contributed by atoms with Gasteiger partial charge in [0.25, 0.3) is 0 Å². The van der Waals surface area contributed by atoms with Crippen molar-refractivity contribution >= 4 is 21.9 Å². The number of hydrogen-bond donors (Lipinski definition) is 1. The summed E-state index contributed by atoms with van der Waals surface area (Å²) in [6.07, 6.45) is 4.40. The molecule has 0 atom stereocenters. The van der Waals surface area contributed by atoms with Crippen molar-refractivity contribution in [3.8, 4) is 11.1 Å². The molecule has 3 aromatic heterocycles. The maximum Gasteiger partial charge on any atom is 0.326 e. The topological polar surface area (TPSA) is 76.0 Å². The third-order valence-electron chi connectivity index (χ3n) is 5.67. The molecule has 1 aliphatic rings. The van der Waals surface area contributed by atoms with Gasteiger partial charge in [-0.1, -0.05) is 12.1 Å². The zero-order chi connectivity index (χ0) is 19.8. The Balaban J connectivity index is 1.61. The van der Waals surface area contributed by atoms with E-state index in [-0.39, 0.29) is 5.69 Å². The number of nitrogens with one attached hydrogen (secondary N) is 1. The fraction of sp³-hybridized carbons (Fsp3) is 0.318. The number of nitrogens with zero attached hydrogens (tertiary/aromatic N) is 4. The molecule has 7 nitrogen and oxygen atoms in total. The van der Waals surface area contributed by atoms with E-state index in [4.69, 9.17) is 9.72 Å². The largest absolute Gasteiger partial charge is 0.379 e. The van der Waals surface area contributed by atoms with Gasteiger partial charge in [0.1, 0.15) is 0 Å². The van der Waals surface area contributed by atoms with Crippen LogP contribution in [0.15, 0.2) is 47.5 Å². The fourth-order valence-corrected chi connectivity index (χ4v) is 4.06. The van der Waals surface area contributed by atoms with Crippen LogP contribution >= 0.6 is 0 Å². The Morgan fingerprint density at radius 2 is 2.03 bits per heavy atom. The van der Waals surface area contributed by atoms with Gasteiger partial charge in [-0.15, -0.1) is 0 Å². The van der Waals surface area contributed by atoms with E-state index in [1.54, 1.807) is 17.8 Å². The van der Waals surface area contributed by atoms with Crippen molar-refractivity contribution in [1.82, 2.24) is 24.4 Å². The zero-order valence-corrected chi connectivity index (χ0v) is 16.4. The lowest BCUT2D eigenvalue weighted by Crippen LogP contribution is -2.37. The molecule has 0 saturated carbocycles. The summed E-state index contributed by atoms with van der Waals surface area (Å²) < 4.78 is 7.11. The predicted octanol–water partition coefficient (Wildman–Crippen LogP) is 2.35. The fourth-order valence-electron chi connectivity index (χ4n) is 4.06. The van der Waals surface area contributed by atoms with E-state index >= 15 is 0 Å². The number of benzene rings is 1. The Kier molecular flexibility index (Phi) is 4.61. The SMILES string of the molecule is Cn1c(=O)[nH]c2c3cc(-c4cccnc4)ccc3nc(CCN3CCOCC3)c21. The number of imidazole rings is 1. The number of morpholine rings is 1. The van der Waals surface area contributed by atoms with Crippen LogP contribution in [0.2, 0.25) is 0 Å². The number of aromatic nitrogens is 4. The molecule has 1 fully saturated rings. The molecular weight excluding hydrogens is 366 g/mol. The monoisotopic (exact) mass is 389 g/mol. The van der Waals surface area contributed by atoms with Gasteiger partial charge < -0.3 is 9.72 Å². The molecule has 1 aromatic carbocycles. The molecule has 148 valence electrons. The average molecular weight is 389 g/mol. The molecule has 1 saturated heterocycles. The van der Waals surface area contributed by atoms with Gasteiger partial charge in [0, 0.05) is 56.4 Å². The summed E-state index contributed by atoms with van der Waals surface area (Å²) in [5.74, 6) is 0. The molecule has 0 aliphatic carbocycles. The van der Waals surface area contributed by atoms with Crippen LogP contribution in [0.3, 0.4) is 0 Å². The van der Waals surface area contributed by atoms with Crippen LogP contribution in [0.5, 0.6) is 0 Å². The van der Waals surface area contributed by atoms with Gasteiger partial charge in [0.15, 0.2) is 0 Å². The second kappa shape index (κ2) is 7.42. The van der Waals surface area contributed by atoms with Gasteiger partial charge in [-0.3, -0.25) is 19.4 Å². The highest BCUT2D eigenvalue weighted by Crippen LogP contribution is 2.29. The minimum absolute atomic E-state index is 0.117. The Morgan fingerprint density at radius 1 is 1.17 bits per heavy atom. The number of hydrogen-bond acceptors (Lipinski definition) is 5. The first-order valence-corrected chi connectivity index (χ1v) is 9.92. The Bertz CT molecular complexity index is 1220. The summed E-state index contributed by atoms with van der Waals surface area (Å²) in [6.45, 7) is 4.35. The number of pyridine rings is 2. The van der Waals surface area contributed by atoms with Crippen LogP contribution in [0.25, 0.3) is 33.1 Å². The number of aryl methyl sites for hydroxylation is 1. The minimum Gasteiger partial charge on any atom is -0.379 e. The Morgan fingerprint density at radius 3 is 2.83 bits per heavy atom. The van der Waals surface area contributed by atoms with Crippen molar-refractivity contribution in [3.63, 3.8) is 0 Å². The van der Waals surface area contributed by atoms with Crippen LogP contribution in [0, 0.1) is 0 Å². The van der Waals surface area contributed by atoms with Gasteiger partial charge in [-0.2, -0.15) is 0 Å². The third-order valence-corrected chi connectivity index (χ3v) is 5.67. The summed E-state index contributed by atoms with van der Waals surface area (Å²) in [4.78, 5) is 27.0. The highest BCUT2D eigenvalue weighted by Gasteiger charge is 2.17. The smallest absolute Gasteiger partial charge is 0.326 e. The zero-order valence-electron chi connectivity index (χ0n) is 16.4. The number of H-pyrrole nitrogens is 1. The van der Waals surface area contributed by atoms with Crippen LogP contribution in [0.1, 0.15) is 5.69 Å². The first-order valence-electron chi connectivity index (χ1n) is 9.92. The number of aromatic amines is 1. The number of rotatable bonds is 4. The van der Waals surface area contributed by atoms with E-state index in [2.05, 4.69) is 27.0 Å². The summed E-state index contributed by atoms with van der Waals surface area (Å²) >= 11 is 0. The van der Waals surface area contributed by atoms with Gasteiger partial charge in [0.2, 0.25) is 0 Å². The van der Waals surface area contributed by atoms with Gasteiger partial charge in [0.05, 0.1) is 35.5 Å². The van der Waals surface area contributed by atoms with Gasteiger partial charge >= 0.3 is 5.69 Å². The molecule has 0 unspecified atom stereocenters. The molecule has 0 spiro atoms. The summed E-state index contributed by atoms with van der Waals surface area (Å²) in [6, 6.07) is 10.1. The molecular formula is C22H23N5O2. The second-order valence-corrected chi connectivity index (χ2v) is 7.45. The molecule has 7 heteroatoms. The van der Waals surface area contributed by atoms with Crippen molar-refractivity contribution in [2.24, 2.45) is 7.05 Å². The van der Waals surface area contributed by atoms with Crippen molar-refractivity contribution in [3.05, 3.63) is 58.9 Å². The maximum absolute atomic E-state index is 12.4. The van der Waals surface area contributed by atoms with Crippen molar-refractivity contribution in [1.29, 1.82) is 0 Å². The highest BCUT2D eigenvalue weighted by atomic mass is 16.5. The van der Waals surface area contributed by atoms with Crippen molar-refractivity contribution in [2.45, 2.75) is 6.42 Å². The molecule has 4 heterocycles. The van der Waals surface area contributed by atoms with Crippen LogP contribution < -0.4 is 5.69 Å². The van der Waals surface area contributed by atoms with E-state index < -0.39 is 0 Å². The van der Waals surface area contributed by atoms with E-state index in [0.717, 1.165) is 78.0 Å². The highest BCUT2D eigenvalue weighted by molar-refractivity contribution is 6.04. The average Bonchev–Trinajstić information content (AvgIpc) is 3.08. The summed E-state index contributed by atoms with van der Waals surface area (Å²) in [5.41, 5.74) is 5.56. The quantitative estimate of drug-likeness (QED) is 0.580. The van der Waals surface area contributed by atoms with E-state index in [0.29, 0.717) is 0 Å². The van der Waals surface area contributed by atoms with Gasteiger partial charge in [-0.25, -0.2) is 4.79 Å². The molecule has 0 radical (unpaired) electrons. The second-order valence-electron chi connectivity index (χ2n) is 7.45. The van der Waals surface area contributed by atoms with E-state index in [1.165, 1.54) is 0 Å². The lowest BCUT2D eigenvalue weighted by molar-refractivity contribution is 0.0384. The number of fused-ring (bicyclic) bond motifs is 3. The Labute approximate surface area is 168 Å². The van der Waals surface area contributed by atoms with Crippen LogP contribution in [0.4, 0.5) is 0 Å². The Hall–Kier alpha value is -3.03. The van der Waals surface area contributed by atoms with E-state index in [9.17, 15) is 4.79 Å². The maximum atomic E-state index is 12.4. The first-order chi connectivity index (χ1) is 14.2. The third kappa shape index (κ3) is 3.32. The minimum atomic E-state index is -0.117. The normalized spacial score (nSPS) is 15.3.